The first-order chi connectivity index (χ1) is 10.1. The van der Waals surface area contributed by atoms with Crippen molar-refractivity contribution in [3.05, 3.63) is 68.7 Å². The van der Waals surface area contributed by atoms with Crippen LogP contribution in [0.2, 0.25) is 5.02 Å². The zero-order chi connectivity index (χ0) is 15.2. The maximum absolute atomic E-state index is 10.9. The van der Waals surface area contributed by atoms with E-state index in [1.807, 2.05) is 36.4 Å². The molecule has 0 spiro atoms. The van der Waals surface area contributed by atoms with E-state index in [0.29, 0.717) is 12.4 Å². The molecule has 0 aliphatic heterocycles. The van der Waals surface area contributed by atoms with Crippen LogP contribution in [-0.2, 0) is 13.0 Å². The Morgan fingerprint density at radius 1 is 1.24 bits per heavy atom. The van der Waals surface area contributed by atoms with Crippen LogP contribution >= 0.6 is 11.6 Å². The van der Waals surface area contributed by atoms with Gasteiger partial charge in [-0.3, -0.25) is 10.1 Å². The number of nitro benzene ring substituents is 1. The first-order valence-corrected chi connectivity index (χ1v) is 6.50. The molecule has 0 aromatic heterocycles. The fraction of sp³-hybridized carbons (Fsp3) is 0.133. The van der Waals surface area contributed by atoms with E-state index in [1.165, 1.54) is 12.1 Å². The first-order valence-electron chi connectivity index (χ1n) is 6.13. The van der Waals surface area contributed by atoms with Gasteiger partial charge in [0.25, 0.3) is 5.69 Å². The molecular formula is C15H11ClN2O3. The fourth-order valence-corrected chi connectivity index (χ4v) is 2.14. The SMILES string of the molecule is N#CCc1c([N+](=O)[O-])ccc(OCc2ccccc2)c1Cl. The number of rotatable bonds is 5. The lowest BCUT2D eigenvalue weighted by molar-refractivity contribution is -0.385. The van der Waals surface area contributed by atoms with Crippen molar-refractivity contribution in [2.75, 3.05) is 0 Å². The van der Waals surface area contributed by atoms with Crippen LogP contribution in [-0.4, -0.2) is 4.92 Å². The largest absolute Gasteiger partial charge is 0.487 e. The van der Waals surface area contributed by atoms with Crippen LogP contribution in [0.4, 0.5) is 5.69 Å². The molecule has 2 aromatic carbocycles. The Labute approximate surface area is 126 Å². The molecule has 0 saturated heterocycles. The summed E-state index contributed by atoms with van der Waals surface area (Å²) in [6, 6.07) is 14.1. The van der Waals surface area contributed by atoms with Gasteiger partial charge >= 0.3 is 0 Å². The molecule has 0 N–H and O–H groups in total. The Morgan fingerprint density at radius 2 is 1.95 bits per heavy atom. The van der Waals surface area contributed by atoms with E-state index in [0.717, 1.165) is 5.56 Å². The third kappa shape index (κ3) is 3.50. The monoisotopic (exact) mass is 302 g/mol. The molecule has 0 aliphatic carbocycles. The number of ether oxygens (including phenoxy) is 1. The smallest absolute Gasteiger partial charge is 0.275 e. The second kappa shape index (κ2) is 6.73. The van der Waals surface area contributed by atoms with E-state index >= 15 is 0 Å². The highest BCUT2D eigenvalue weighted by molar-refractivity contribution is 6.33. The van der Waals surface area contributed by atoms with Crippen LogP contribution < -0.4 is 4.74 Å². The Balaban J connectivity index is 2.27. The maximum atomic E-state index is 10.9. The van der Waals surface area contributed by atoms with E-state index < -0.39 is 4.92 Å². The third-order valence-corrected chi connectivity index (χ3v) is 3.29. The maximum Gasteiger partial charge on any atom is 0.275 e. The molecule has 106 valence electrons. The van der Waals surface area contributed by atoms with Gasteiger partial charge in [-0.05, 0) is 11.6 Å². The summed E-state index contributed by atoms with van der Waals surface area (Å²) in [4.78, 5) is 10.4. The quantitative estimate of drug-likeness (QED) is 0.620. The number of nitro groups is 1. The molecule has 0 heterocycles. The standard InChI is InChI=1S/C15H11ClN2O3/c16-15-12(8-9-17)13(18(19)20)6-7-14(15)21-10-11-4-2-1-3-5-11/h1-7H,8,10H2. The third-order valence-electron chi connectivity index (χ3n) is 2.87. The molecule has 5 nitrogen and oxygen atoms in total. The highest BCUT2D eigenvalue weighted by Crippen LogP contribution is 2.35. The molecule has 0 saturated carbocycles. The molecule has 0 bridgehead atoms. The summed E-state index contributed by atoms with van der Waals surface area (Å²) < 4.78 is 5.58. The lowest BCUT2D eigenvalue weighted by Gasteiger charge is -2.10. The molecule has 0 unspecified atom stereocenters. The molecule has 2 rings (SSSR count). The van der Waals surface area contributed by atoms with Crippen LogP contribution in [0.3, 0.4) is 0 Å². The van der Waals surface area contributed by atoms with Gasteiger partial charge in [0.2, 0.25) is 0 Å². The Kier molecular flexibility index (Phi) is 4.75. The van der Waals surface area contributed by atoms with E-state index in [4.69, 9.17) is 21.6 Å². The molecule has 2 aromatic rings. The molecule has 0 radical (unpaired) electrons. The van der Waals surface area contributed by atoms with Gasteiger partial charge in [0.1, 0.15) is 12.4 Å². The number of hydrogen-bond acceptors (Lipinski definition) is 4. The fourth-order valence-electron chi connectivity index (χ4n) is 1.85. The average molecular weight is 303 g/mol. The van der Waals surface area contributed by atoms with E-state index in [2.05, 4.69) is 0 Å². The van der Waals surface area contributed by atoms with Gasteiger partial charge in [-0.1, -0.05) is 41.9 Å². The van der Waals surface area contributed by atoms with E-state index in [-0.39, 0.29) is 22.7 Å². The normalized spacial score (nSPS) is 9.90. The summed E-state index contributed by atoms with van der Waals surface area (Å²) in [6.45, 7) is 0.296. The summed E-state index contributed by atoms with van der Waals surface area (Å²) in [5, 5.41) is 19.8. The van der Waals surface area contributed by atoms with Gasteiger partial charge in [-0.2, -0.15) is 5.26 Å². The van der Waals surface area contributed by atoms with Crippen molar-refractivity contribution in [2.24, 2.45) is 0 Å². The van der Waals surface area contributed by atoms with Crippen LogP contribution in [0, 0.1) is 21.4 Å². The summed E-state index contributed by atoms with van der Waals surface area (Å²) >= 11 is 6.12. The van der Waals surface area contributed by atoms with Gasteiger partial charge in [0.05, 0.1) is 28.0 Å². The van der Waals surface area contributed by atoms with Crippen LogP contribution in [0.15, 0.2) is 42.5 Å². The van der Waals surface area contributed by atoms with Gasteiger partial charge in [-0.15, -0.1) is 0 Å². The highest BCUT2D eigenvalue weighted by atomic mass is 35.5. The molecule has 21 heavy (non-hydrogen) atoms. The number of hydrogen-bond donors (Lipinski definition) is 0. The molecule has 0 atom stereocenters. The lowest BCUT2D eigenvalue weighted by atomic mass is 10.1. The minimum Gasteiger partial charge on any atom is -0.487 e. The number of halogens is 1. The molecule has 0 aliphatic rings. The summed E-state index contributed by atoms with van der Waals surface area (Å²) in [7, 11) is 0. The van der Waals surface area contributed by atoms with Gasteiger partial charge in [-0.25, -0.2) is 0 Å². The van der Waals surface area contributed by atoms with Crippen LogP contribution in [0.1, 0.15) is 11.1 Å². The van der Waals surface area contributed by atoms with E-state index in [9.17, 15) is 10.1 Å². The summed E-state index contributed by atoms with van der Waals surface area (Å²) in [5.74, 6) is 0.330. The molecular weight excluding hydrogens is 292 g/mol. The molecule has 6 heteroatoms. The number of benzene rings is 2. The summed E-state index contributed by atoms with van der Waals surface area (Å²) in [5.41, 5.74) is 0.956. The number of nitriles is 1. The van der Waals surface area contributed by atoms with Crippen LogP contribution in [0.5, 0.6) is 5.75 Å². The summed E-state index contributed by atoms with van der Waals surface area (Å²) in [6.07, 6.45) is -0.141. The van der Waals surface area contributed by atoms with E-state index in [1.54, 1.807) is 0 Å². The Morgan fingerprint density at radius 3 is 2.57 bits per heavy atom. The zero-order valence-electron chi connectivity index (χ0n) is 11.0. The predicted molar refractivity (Wildman–Crippen MR) is 78.2 cm³/mol. The average Bonchev–Trinajstić information content (AvgIpc) is 2.49. The van der Waals surface area contributed by atoms with Crippen molar-refractivity contribution in [1.82, 2.24) is 0 Å². The zero-order valence-corrected chi connectivity index (χ0v) is 11.7. The molecule has 0 amide bonds. The topological polar surface area (TPSA) is 76.2 Å². The minimum atomic E-state index is -0.556. The van der Waals surface area contributed by atoms with Crippen molar-refractivity contribution >= 4 is 17.3 Å². The van der Waals surface area contributed by atoms with Crippen molar-refractivity contribution in [3.63, 3.8) is 0 Å². The molecule has 0 fully saturated rings. The Bertz CT molecular complexity index is 696. The van der Waals surface area contributed by atoms with Crippen molar-refractivity contribution in [1.29, 1.82) is 5.26 Å². The van der Waals surface area contributed by atoms with Gasteiger partial charge in [0, 0.05) is 6.07 Å². The van der Waals surface area contributed by atoms with Crippen LogP contribution in [0.25, 0.3) is 0 Å². The van der Waals surface area contributed by atoms with Gasteiger partial charge in [0.15, 0.2) is 0 Å². The van der Waals surface area contributed by atoms with Crippen molar-refractivity contribution in [2.45, 2.75) is 13.0 Å². The minimum absolute atomic E-state index is 0.113. The second-order valence-corrected chi connectivity index (χ2v) is 4.62. The van der Waals surface area contributed by atoms with Gasteiger partial charge < -0.3 is 4.74 Å². The highest BCUT2D eigenvalue weighted by Gasteiger charge is 2.20. The Hall–Kier alpha value is -2.58. The second-order valence-electron chi connectivity index (χ2n) is 4.24. The number of nitrogens with zero attached hydrogens (tertiary/aromatic N) is 2. The lowest BCUT2D eigenvalue weighted by Crippen LogP contribution is -2.00. The van der Waals surface area contributed by atoms with Crippen molar-refractivity contribution < 1.29 is 9.66 Å². The van der Waals surface area contributed by atoms with Crippen molar-refractivity contribution in [3.8, 4) is 11.8 Å². The predicted octanol–water partition coefficient (Wildman–Crippen LogP) is 3.89. The first kappa shape index (κ1) is 14.8.